The Morgan fingerprint density at radius 2 is 1.81 bits per heavy atom. The molecule has 0 heterocycles. The zero-order valence-electron chi connectivity index (χ0n) is 19.1. The van der Waals surface area contributed by atoms with Crippen molar-refractivity contribution in [2.75, 3.05) is 25.7 Å². The van der Waals surface area contributed by atoms with Crippen LogP contribution in [0.2, 0.25) is 5.02 Å². The van der Waals surface area contributed by atoms with Crippen molar-refractivity contribution in [3.8, 4) is 5.75 Å². The lowest BCUT2D eigenvalue weighted by Crippen LogP contribution is -2.46. The lowest BCUT2D eigenvalue weighted by Gasteiger charge is -2.36. The standard InChI is InChI=1S/C25H32ClNO4/c1-7-31-23(28)21(15-17(2)20-13-8-9-14-22(20)30-6)25(3,4)24(29)27(5)19-12-10-11-18(26)16-19/h8-14,16-17,21H,7,15H2,1-6H3. The molecule has 5 nitrogen and oxygen atoms in total. The topological polar surface area (TPSA) is 55.8 Å². The summed E-state index contributed by atoms with van der Waals surface area (Å²) in [6.07, 6.45) is 0.446. The van der Waals surface area contributed by atoms with Gasteiger partial charge in [-0.3, -0.25) is 9.59 Å². The Kier molecular flexibility index (Phi) is 8.52. The van der Waals surface area contributed by atoms with Crippen molar-refractivity contribution in [1.29, 1.82) is 0 Å². The zero-order valence-corrected chi connectivity index (χ0v) is 19.9. The average Bonchev–Trinajstić information content (AvgIpc) is 2.76. The number of nitrogens with zero attached hydrogens (tertiary/aromatic N) is 1. The van der Waals surface area contributed by atoms with Crippen LogP contribution in [0.15, 0.2) is 48.5 Å². The summed E-state index contributed by atoms with van der Waals surface area (Å²) in [6.45, 7) is 7.66. The van der Waals surface area contributed by atoms with E-state index < -0.39 is 11.3 Å². The third-order valence-electron chi connectivity index (χ3n) is 5.75. The molecule has 2 rings (SSSR count). The van der Waals surface area contributed by atoms with Gasteiger partial charge in [-0.1, -0.05) is 56.6 Å². The van der Waals surface area contributed by atoms with Gasteiger partial charge in [0, 0.05) is 17.8 Å². The molecule has 0 radical (unpaired) electrons. The molecule has 2 aromatic rings. The number of para-hydroxylation sites is 1. The second-order valence-corrected chi connectivity index (χ2v) is 8.69. The third kappa shape index (κ3) is 5.79. The van der Waals surface area contributed by atoms with E-state index in [9.17, 15) is 9.59 Å². The van der Waals surface area contributed by atoms with Gasteiger partial charge in [-0.15, -0.1) is 0 Å². The predicted molar refractivity (Wildman–Crippen MR) is 125 cm³/mol. The fourth-order valence-electron chi connectivity index (χ4n) is 3.87. The minimum absolute atomic E-state index is 0.0193. The quantitative estimate of drug-likeness (QED) is 0.464. The number of carbonyl (C=O) groups is 2. The van der Waals surface area contributed by atoms with Crippen LogP contribution in [0.5, 0.6) is 5.75 Å². The summed E-state index contributed by atoms with van der Waals surface area (Å²) >= 11 is 6.10. The summed E-state index contributed by atoms with van der Waals surface area (Å²) < 4.78 is 10.9. The van der Waals surface area contributed by atoms with Crippen molar-refractivity contribution >= 4 is 29.2 Å². The Hall–Kier alpha value is -2.53. The van der Waals surface area contributed by atoms with E-state index in [0.29, 0.717) is 17.1 Å². The van der Waals surface area contributed by atoms with Crippen LogP contribution in [-0.4, -0.2) is 32.6 Å². The highest BCUT2D eigenvalue weighted by Crippen LogP contribution is 2.40. The summed E-state index contributed by atoms with van der Waals surface area (Å²) in [4.78, 5) is 28.0. The van der Waals surface area contributed by atoms with E-state index in [4.69, 9.17) is 21.1 Å². The van der Waals surface area contributed by atoms with E-state index in [1.54, 1.807) is 58.0 Å². The van der Waals surface area contributed by atoms with Gasteiger partial charge in [-0.2, -0.15) is 0 Å². The van der Waals surface area contributed by atoms with Gasteiger partial charge in [-0.25, -0.2) is 0 Å². The number of benzene rings is 2. The summed E-state index contributed by atoms with van der Waals surface area (Å²) in [5, 5.41) is 0.543. The highest BCUT2D eigenvalue weighted by atomic mass is 35.5. The fourth-order valence-corrected chi connectivity index (χ4v) is 4.05. The van der Waals surface area contributed by atoms with Crippen molar-refractivity contribution in [3.63, 3.8) is 0 Å². The predicted octanol–water partition coefficient (Wildman–Crippen LogP) is 5.71. The van der Waals surface area contributed by atoms with Crippen LogP contribution in [0.25, 0.3) is 0 Å². The summed E-state index contributed by atoms with van der Waals surface area (Å²) in [5.41, 5.74) is 0.663. The molecule has 0 fully saturated rings. The molecular formula is C25H32ClNO4. The molecule has 0 spiro atoms. The molecule has 2 aromatic carbocycles. The van der Waals surface area contributed by atoms with Crippen molar-refractivity contribution in [2.45, 2.75) is 40.0 Å². The van der Waals surface area contributed by atoms with Gasteiger partial charge in [0.25, 0.3) is 0 Å². The van der Waals surface area contributed by atoms with Gasteiger partial charge in [0.15, 0.2) is 0 Å². The molecule has 0 aliphatic heterocycles. The number of rotatable bonds is 9. The largest absolute Gasteiger partial charge is 0.496 e. The van der Waals surface area contributed by atoms with Gasteiger partial charge < -0.3 is 14.4 Å². The summed E-state index contributed by atoms with van der Waals surface area (Å²) in [5.74, 6) is -0.449. The normalized spacial score (nSPS) is 13.3. The smallest absolute Gasteiger partial charge is 0.310 e. The Morgan fingerprint density at radius 1 is 1.13 bits per heavy atom. The molecule has 0 aliphatic carbocycles. The Balaban J connectivity index is 2.36. The first-order valence-corrected chi connectivity index (χ1v) is 10.8. The molecule has 0 bridgehead atoms. The number of carbonyl (C=O) groups excluding carboxylic acids is 2. The van der Waals surface area contributed by atoms with Gasteiger partial charge in [0.05, 0.1) is 25.0 Å². The van der Waals surface area contributed by atoms with E-state index in [2.05, 4.69) is 0 Å². The van der Waals surface area contributed by atoms with Crippen LogP contribution in [0.4, 0.5) is 5.69 Å². The molecule has 0 aromatic heterocycles. The summed E-state index contributed by atoms with van der Waals surface area (Å²) in [7, 11) is 3.32. The maximum absolute atomic E-state index is 13.5. The number of anilines is 1. The lowest BCUT2D eigenvalue weighted by molar-refractivity contribution is -0.156. The number of hydrogen-bond donors (Lipinski definition) is 0. The molecule has 0 aliphatic rings. The monoisotopic (exact) mass is 445 g/mol. The molecule has 168 valence electrons. The molecule has 0 saturated heterocycles. The molecule has 2 unspecified atom stereocenters. The Morgan fingerprint density at radius 3 is 2.42 bits per heavy atom. The lowest BCUT2D eigenvalue weighted by atomic mass is 9.72. The maximum Gasteiger partial charge on any atom is 0.310 e. The molecule has 6 heteroatoms. The minimum Gasteiger partial charge on any atom is -0.496 e. The number of halogens is 1. The van der Waals surface area contributed by atoms with Gasteiger partial charge in [-0.05, 0) is 49.1 Å². The first-order valence-electron chi connectivity index (χ1n) is 10.5. The van der Waals surface area contributed by atoms with E-state index in [1.165, 1.54) is 0 Å². The molecular weight excluding hydrogens is 414 g/mol. The summed E-state index contributed by atoms with van der Waals surface area (Å²) in [6, 6.07) is 14.8. The van der Waals surface area contributed by atoms with Crippen molar-refractivity contribution in [2.24, 2.45) is 11.3 Å². The highest BCUT2D eigenvalue weighted by molar-refractivity contribution is 6.30. The number of amides is 1. The van der Waals surface area contributed by atoms with Crippen molar-refractivity contribution in [3.05, 3.63) is 59.1 Å². The van der Waals surface area contributed by atoms with Gasteiger partial charge in [0.2, 0.25) is 5.91 Å². The Bertz CT molecular complexity index is 912. The number of methoxy groups -OCH3 is 1. The van der Waals surface area contributed by atoms with E-state index in [1.807, 2.05) is 37.3 Å². The maximum atomic E-state index is 13.5. The SMILES string of the molecule is CCOC(=O)C(CC(C)c1ccccc1OC)C(C)(C)C(=O)N(C)c1cccc(Cl)c1. The molecule has 0 saturated carbocycles. The molecule has 2 atom stereocenters. The second-order valence-electron chi connectivity index (χ2n) is 8.25. The van der Waals surface area contributed by atoms with Crippen LogP contribution in [0, 0.1) is 11.3 Å². The number of esters is 1. The van der Waals surface area contributed by atoms with Crippen LogP contribution in [-0.2, 0) is 14.3 Å². The van der Waals surface area contributed by atoms with Crippen LogP contribution in [0.1, 0.15) is 45.6 Å². The molecule has 0 N–H and O–H groups in total. The van der Waals surface area contributed by atoms with Crippen molar-refractivity contribution < 1.29 is 19.1 Å². The first kappa shape index (κ1) is 24.7. The van der Waals surface area contributed by atoms with E-state index in [0.717, 1.165) is 11.3 Å². The first-order chi connectivity index (χ1) is 14.6. The van der Waals surface area contributed by atoms with Gasteiger partial charge in [0.1, 0.15) is 5.75 Å². The molecule has 1 amide bonds. The highest BCUT2D eigenvalue weighted by Gasteiger charge is 2.44. The van der Waals surface area contributed by atoms with Crippen molar-refractivity contribution in [1.82, 2.24) is 0 Å². The van der Waals surface area contributed by atoms with Crippen LogP contribution < -0.4 is 9.64 Å². The van der Waals surface area contributed by atoms with E-state index >= 15 is 0 Å². The number of hydrogen-bond acceptors (Lipinski definition) is 4. The zero-order chi connectivity index (χ0) is 23.2. The van der Waals surface area contributed by atoms with E-state index in [-0.39, 0.29) is 24.4 Å². The minimum atomic E-state index is -1.00. The van der Waals surface area contributed by atoms with Crippen LogP contribution in [0.3, 0.4) is 0 Å². The van der Waals surface area contributed by atoms with Crippen LogP contribution >= 0.6 is 11.6 Å². The molecule has 31 heavy (non-hydrogen) atoms. The Labute approximate surface area is 190 Å². The average molecular weight is 446 g/mol. The second kappa shape index (κ2) is 10.7. The number of ether oxygens (including phenoxy) is 2. The fraction of sp³-hybridized carbons (Fsp3) is 0.440. The van der Waals surface area contributed by atoms with Gasteiger partial charge >= 0.3 is 5.97 Å². The third-order valence-corrected chi connectivity index (χ3v) is 5.99.